The molecule has 17 aromatic rings. The number of hydrogen-bond donors (Lipinski definition) is 3. The van der Waals surface area contributed by atoms with Gasteiger partial charge in [0.05, 0.1) is 21.0 Å². The van der Waals surface area contributed by atoms with Crippen LogP contribution in [0.5, 0.6) is 0 Å². The maximum atomic E-state index is 14.8. The van der Waals surface area contributed by atoms with E-state index in [4.69, 9.17) is 14.6 Å². The van der Waals surface area contributed by atoms with Crippen molar-refractivity contribution in [2.24, 2.45) is 11.8 Å². The van der Waals surface area contributed by atoms with Crippen LogP contribution in [0.3, 0.4) is 0 Å². The first kappa shape index (κ1) is 118. The molecular formula is C127H132BBrF4O6P4PdSSi2. The molecule has 20 heteroatoms. The van der Waals surface area contributed by atoms with Gasteiger partial charge in [0.1, 0.15) is 5.78 Å². The zero-order valence-electron chi connectivity index (χ0n) is 85.0. The molecule has 6 nitrogen and oxygen atoms in total. The first-order chi connectivity index (χ1) is 70.6. The quantitative estimate of drug-likeness (QED) is 0.0270. The molecule has 3 N–H and O–H groups in total. The second-order valence-electron chi connectivity index (χ2n) is 37.5. The Kier molecular flexibility index (Phi) is 49.6. The molecule has 1 unspecified atom stereocenters. The first-order valence-electron chi connectivity index (χ1n) is 49.8. The molecule has 758 valence electrons. The monoisotopic (exact) mass is 2240 g/mol. The summed E-state index contributed by atoms with van der Waals surface area (Å²) >= 11 is 3.43. The number of allylic oxidation sites excluding steroid dienone is 2. The van der Waals surface area contributed by atoms with E-state index < -0.39 is 93.8 Å². The van der Waals surface area contributed by atoms with Crippen molar-refractivity contribution in [2.45, 2.75) is 136 Å². The molecule has 17 aromatic carbocycles. The van der Waals surface area contributed by atoms with Crippen molar-refractivity contribution in [3.05, 3.63) is 512 Å². The molecule has 0 aromatic heterocycles. The predicted octanol–water partition coefficient (Wildman–Crippen LogP) is 27.4. The number of carbonyl (C=O) groups excluding carboxylic acids is 1. The van der Waals surface area contributed by atoms with E-state index in [9.17, 15) is 30.8 Å². The Morgan fingerprint density at radius 3 is 0.850 bits per heavy atom. The molecule has 147 heavy (non-hydrogen) atoms. The summed E-state index contributed by atoms with van der Waals surface area (Å²) in [5.41, 5.74) is 2.98. The molecule has 0 aliphatic heterocycles. The Hall–Kier alpha value is -10.9. The number of halogens is 5. The fourth-order valence-corrected chi connectivity index (χ4v) is 29.1. The summed E-state index contributed by atoms with van der Waals surface area (Å²) in [5.74, 6) is -1.71. The molecular weight excluding hydrogens is 2110 g/mol. The van der Waals surface area contributed by atoms with Gasteiger partial charge in [-0.3, -0.25) is 9.35 Å². The third-order valence-electron chi connectivity index (χ3n) is 24.5. The second kappa shape index (κ2) is 61.9. The number of aryl methyl sites for hydroxylation is 1. The largest absolute Gasteiger partial charge is 0.491 e. The summed E-state index contributed by atoms with van der Waals surface area (Å²) in [4.78, 5) is 10.7. The van der Waals surface area contributed by atoms with Gasteiger partial charge in [-0.15, -0.1) is 0 Å². The maximum absolute atomic E-state index is 14.8. The fourth-order valence-electron chi connectivity index (χ4n) is 16.8. The third-order valence-corrected chi connectivity index (χ3v) is 39.8. The molecule has 1 fully saturated rings. The summed E-state index contributed by atoms with van der Waals surface area (Å²) < 4.78 is 85.3. The molecule has 0 radical (unpaired) electrons. The van der Waals surface area contributed by atoms with E-state index in [-0.39, 0.29) is 25.3 Å². The second-order valence-corrected chi connectivity index (χ2v) is 58.8. The van der Waals surface area contributed by atoms with Crippen LogP contribution < -0.4 is 79.5 Å². The van der Waals surface area contributed by atoms with E-state index in [1.54, 1.807) is 24.3 Å². The van der Waals surface area contributed by atoms with Crippen LogP contribution in [0.1, 0.15) is 95.6 Å². The average Bonchev–Trinajstić information content (AvgIpc) is 0.791. The van der Waals surface area contributed by atoms with Gasteiger partial charge in [0.15, 0.2) is 23.3 Å². The van der Waals surface area contributed by atoms with Gasteiger partial charge in [-0.2, -0.15) is 8.42 Å². The maximum Gasteiger partial charge on any atom is 0.491 e. The minimum atomic E-state index is -4.02. The summed E-state index contributed by atoms with van der Waals surface area (Å²) in [5, 5.41) is 36.6. The van der Waals surface area contributed by atoms with Crippen LogP contribution in [0.4, 0.5) is 17.6 Å². The Labute approximate surface area is 900 Å². The standard InChI is InChI=1S/C24H30F2Si.4C18H15P.C9H13BrSi.C9H16O.C7H8O3S.C6H5BF2O2.Pd/c1-5-6-17-7-9-18(10-8-17)21-15-16-22(24(26)23(21)25)19-11-13-20(14-12-19)27(2,3)4;4*1-4-10-16(11-5-1)19(17-12-6-2-7-13-17)18-14-8-3-9-15-18;1-11(2,3)9-6-4-8(10)5-7-9;1-2-3-8-4-6-9(10)7-5-8;1-6-2-4-7(5-3-6)11(8,9)10;8-5-3-1-2-4(6(5)9)7(10)11;/h9,11-17H,5-8,10H2,1-4H3;4*1-15H;4-7H,1-3H3;8H,2-7H2,1H3;2-5H,1H3,(H,8,9,10);1-3,10-11H;. The summed E-state index contributed by atoms with van der Waals surface area (Å²) in [6.45, 7) is 20.2. The van der Waals surface area contributed by atoms with Crippen molar-refractivity contribution in [2.75, 3.05) is 0 Å². The Bertz CT molecular complexity index is 5970. The smallest absolute Gasteiger partial charge is 0.423 e. The summed E-state index contributed by atoms with van der Waals surface area (Å²) in [6, 6.07) is 159. The number of Topliss-reactive ketones (excluding diaryl/α,β-unsaturated/α-hetero) is 1. The van der Waals surface area contributed by atoms with Gasteiger partial charge in [-0.1, -0.05) is 554 Å². The van der Waals surface area contributed by atoms with Gasteiger partial charge in [0.25, 0.3) is 10.1 Å². The average molecular weight is 2240 g/mol. The Morgan fingerprint density at radius 2 is 0.599 bits per heavy atom. The van der Waals surface area contributed by atoms with E-state index in [1.807, 2.05) is 19.1 Å². The van der Waals surface area contributed by atoms with E-state index >= 15 is 0 Å². The van der Waals surface area contributed by atoms with Crippen LogP contribution in [-0.2, 0) is 35.3 Å². The van der Waals surface area contributed by atoms with Crippen LogP contribution in [0.2, 0.25) is 39.3 Å². The molecule has 19 rings (SSSR count). The third kappa shape index (κ3) is 38.2. The van der Waals surface area contributed by atoms with Crippen molar-refractivity contribution < 1.29 is 65.8 Å². The number of carbonyl (C=O) groups is 1. The number of rotatable bonds is 22. The zero-order valence-corrected chi connectivity index (χ0v) is 94.5. The molecule has 2 aliphatic rings. The first-order valence-corrected chi connectivity index (χ1v) is 64.4. The van der Waals surface area contributed by atoms with Gasteiger partial charge >= 0.3 is 7.12 Å². The van der Waals surface area contributed by atoms with Crippen molar-refractivity contribution in [1.29, 1.82) is 0 Å². The van der Waals surface area contributed by atoms with E-state index in [0.29, 0.717) is 22.8 Å². The van der Waals surface area contributed by atoms with Crippen LogP contribution in [0, 0.1) is 42.0 Å². The van der Waals surface area contributed by atoms with Crippen LogP contribution in [0.25, 0.3) is 16.7 Å². The van der Waals surface area contributed by atoms with Crippen LogP contribution in [-0.4, -0.2) is 52.1 Å². The van der Waals surface area contributed by atoms with Gasteiger partial charge in [0, 0.05) is 54.3 Å². The molecule has 0 spiro atoms. The van der Waals surface area contributed by atoms with Crippen LogP contribution >= 0.6 is 47.6 Å². The van der Waals surface area contributed by atoms with Crippen molar-refractivity contribution in [1.82, 2.24) is 0 Å². The predicted molar refractivity (Wildman–Crippen MR) is 632 cm³/mol. The molecule has 1 saturated carbocycles. The summed E-state index contributed by atoms with van der Waals surface area (Å²) in [7, 11) is -10.2. The minimum absolute atomic E-state index is 0. The summed E-state index contributed by atoms with van der Waals surface area (Å²) in [6.07, 6.45) is 14.0. The number of hydrogen-bond acceptors (Lipinski definition) is 5. The van der Waals surface area contributed by atoms with Gasteiger partial charge < -0.3 is 10.0 Å². The Balaban J connectivity index is 0.000000172. The molecule has 0 heterocycles. The van der Waals surface area contributed by atoms with Crippen molar-refractivity contribution in [3.8, 4) is 11.1 Å². The number of ketones is 1. The van der Waals surface area contributed by atoms with Gasteiger partial charge in [-0.05, 0) is 188 Å². The van der Waals surface area contributed by atoms with Crippen molar-refractivity contribution >= 4 is 172 Å². The topological polar surface area (TPSA) is 112 Å². The fraction of sp³-hybridized carbons (Fsp3) is 0.173. The molecule has 0 bridgehead atoms. The molecule has 0 saturated heterocycles. The van der Waals surface area contributed by atoms with E-state index in [0.717, 1.165) is 79.7 Å². The molecule has 0 amide bonds. The Morgan fingerprint density at radius 1 is 0.333 bits per heavy atom. The SMILES string of the molecule is CCCC1CC=C(c2ccc(-c3ccc([Si](C)(C)C)cc3)c(F)c2F)CC1.CCCC1CCC(=O)CC1.C[Si](C)(C)c1ccc(Br)cc1.Cc1ccc(S(=O)(=O)O)cc1.OB(O)c1cccc(F)c1F.[Pd].c1ccc(P(c2ccccc2)c2ccccc2)cc1.c1ccc(P(c2ccccc2)c2ccccc2)cc1.c1ccc(P(c2ccccc2)c2ccccc2)cc1.c1ccc(P(c2ccccc2)c2ccccc2)cc1. The minimum Gasteiger partial charge on any atom is -0.423 e. The van der Waals surface area contributed by atoms with Gasteiger partial charge in [0.2, 0.25) is 0 Å². The number of benzene rings is 17. The zero-order chi connectivity index (χ0) is 104. The molecule has 2 aliphatic carbocycles. The van der Waals surface area contributed by atoms with Crippen molar-refractivity contribution in [3.63, 3.8) is 0 Å². The normalized spacial score (nSPS) is 12.6. The molecule has 1 atom stereocenters. The van der Waals surface area contributed by atoms with E-state index in [1.165, 1.54) is 122 Å². The van der Waals surface area contributed by atoms with Gasteiger partial charge in [-0.25, -0.2) is 17.6 Å². The van der Waals surface area contributed by atoms with E-state index in [2.05, 4.69) is 476 Å². The van der Waals surface area contributed by atoms with Crippen LogP contribution in [0.15, 0.2) is 483 Å².